The molecule has 3 N–H and O–H groups in total. The fraction of sp³-hybridized carbons (Fsp3) is 0.385. The Hall–Kier alpha value is -1.88. The summed E-state index contributed by atoms with van der Waals surface area (Å²) < 4.78 is 0. The highest BCUT2D eigenvalue weighted by molar-refractivity contribution is 6.23. The molecule has 2 amide bonds. The van der Waals surface area contributed by atoms with Crippen LogP contribution in [0.3, 0.4) is 0 Å². The van der Waals surface area contributed by atoms with E-state index in [9.17, 15) is 9.59 Å². The number of carbonyl (C=O) groups is 2. The van der Waals surface area contributed by atoms with Crippen molar-refractivity contribution in [1.29, 1.82) is 0 Å². The van der Waals surface area contributed by atoms with Crippen LogP contribution in [0.5, 0.6) is 0 Å². The van der Waals surface area contributed by atoms with Crippen LogP contribution in [0.4, 0.5) is 5.69 Å². The highest BCUT2D eigenvalue weighted by atomic mass is 16.2. The molecule has 0 aliphatic carbocycles. The molecule has 0 spiro atoms. The lowest BCUT2D eigenvalue weighted by Crippen LogP contribution is -2.48. The number of nitrogens with one attached hydrogen (secondary N) is 1. The molecule has 1 aromatic rings. The lowest BCUT2D eigenvalue weighted by Gasteiger charge is -2.29. The average Bonchev–Trinajstić information content (AvgIpc) is 2.64. The first-order chi connectivity index (χ1) is 8.70. The fourth-order valence-corrected chi connectivity index (χ4v) is 2.71. The molecule has 18 heavy (non-hydrogen) atoms. The Morgan fingerprint density at radius 2 is 2.11 bits per heavy atom. The molecule has 0 aromatic heterocycles. The third-order valence-corrected chi connectivity index (χ3v) is 3.61. The Labute approximate surface area is 105 Å². The number of nitrogens with two attached hydrogens (primary N) is 1. The van der Waals surface area contributed by atoms with Gasteiger partial charge in [-0.2, -0.15) is 0 Å². The molecule has 1 aromatic carbocycles. The standard InChI is InChI=1S/C13H15N3O2/c14-10-5-1-4-9-11(10)13(18)16(12(9)17)8-3-2-6-15-7-8/h1,4-5,8,15H,2-3,6-7,14H2/t8-/m1/s1. The van der Waals surface area contributed by atoms with E-state index in [4.69, 9.17) is 5.73 Å². The smallest absolute Gasteiger partial charge is 0.263 e. The van der Waals surface area contributed by atoms with Crippen LogP contribution in [0.15, 0.2) is 18.2 Å². The van der Waals surface area contributed by atoms with E-state index in [1.165, 1.54) is 4.90 Å². The summed E-state index contributed by atoms with van der Waals surface area (Å²) in [6.07, 6.45) is 1.84. The van der Waals surface area contributed by atoms with E-state index in [2.05, 4.69) is 5.32 Å². The summed E-state index contributed by atoms with van der Waals surface area (Å²) in [5, 5.41) is 3.22. The molecule has 5 heteroatoms. The van der Waals surface area contributed by atoms with E-state index in [-0.39, 0.29) is 17.9 Å². The zero-order valence-corrected chi connectivity index (χ0v) is 9.98. The van der Waals surface area contributed by atoms with Crippen molar-refractivity contribution < 1.29 is 9.59 Å². The van der Waals surface area contributed by atoms with E-state index in [1.54, 1.807) is 18.2 Å². The topological polar surface area (TPSA) is 75.4 Å². The first kappa shape index (κ1) is 11.2. The maximum absolute atomic E-state index is 12.3. The summed E-state index contributed by atoms with van der Waals surface area (Å²) in [5.41, 5.74) is 6.99. The second-order valence-electron chi connectivity index (χ2n) is 4.75. The summed E-state index contributed by atoms with van der Waals surface area (Å²) in [4.78, 5) is 26.0. The van der Waals surface area contributed by atoms with Crippen molar-refractivity contribution in [2.24, 2.45) is 0 Å². The molecule has 1 atom stereocenters. The van der Waals surface area contributed by atoms with E-state index in [0.717, 1.165) is 19.4 Å². The molecule has 2 aliphatic rings. The molecular weight excluding hydrogens is 230 g/mol. The van der Waals surface area contributed by atoms with Gasteiger partial charge in [0.15, 0.2) is 0 Å². The molecule has 3 rings (SSSR count). The Morgan fingerprint density at radius 1 is 1.28 bits per heavy atom. The van der Waals surface area contributed by atoms with Crippen molar-refractivity contribution >= 4 is 17.5 Å². The Morgan fingerprint density at radius 3 is 2.78 bits per heavy atom. The van der Waals surface area contributed by atoms with Crippen LogP contribution in [0, 0.1) is 0 Å². The predicted molar refractivity (Wildman–Crippen MR) is 67.2 cm³/mol. The molecule has 94 valence electrons. The summed E-state index contributed by atoms with van der Waals surface area (Å²) in [6, 6.07) is 4.99. The Kier molecular flexibility index (Phi) is 2.56. The van der Waals surface area contributed by atoms with Gasteiger partial charge in [-0.3, -0.25) is 14.5 Å². The molecule has 2 heterocycles. The number of amides is 2. The van der Waals surface area contributed by atoms with Gasteiger partial charge in [-0.05, 0) is 31.5 Å². The highest BCUT2D eigenvalue weighted by Crippen LogP contribution is 2.30. The van der Waals surface area contributed by atoms with Gasteiger partial charge in [-0.25, -0.2) is 0 Å². The zero-order chi connectivity index (χ0) is 12.7. The third-order valence-electron chi connectivity index (χ3n) is 3.61. The van der Waals surface area contributed by atoms with Crippen molar-refractivity contribution in [2.75, 3.05) is 18.8 Å². The number of nitrogens with zero attached hydrogens (tertiary/aromatic N) is 1. The van der Waals surface area contributed by atoms with Gasteiger partial charge >= 0.3 is 0 Å². The van der Waals surface area contributed by atoms with Gasteiger partial charge < -0.3 is 11.1 Å². The maximum atomic E-state index is 12.3. The fourth-order valence-electron chi connectivity index (χ4n) is 2.71. The number of nitrogen functional groups attached to an aromatic ring is 1. The van der Waals surface area contributed by atoms with Crippen molar-refractivity contribution in [3.8, 4) is 0 Å². The SMILES string of the molecule is Nc1cccc2c1C(=O)N([C@@H]1CCCNC1)C2=O. The van der Waals surface area contributed by atoms with Crippen LogP contribution in [-0.2, 0) is 0 Å². The van der Waals surface area contributed by atoms with Crippen molar-refractivity contribution in [3.63, 3.8) is 0 Å². The number of rotatable bonds is 1. The van der Waals surface area contributed by atoms with Gasteiger partial charge in [-0.1, -0.05) is 6.07 Å². The summed E-state index contributed by atoms with van der Waals surface area (Å²) >= 11 is 0. The van der Waals surface area contributed by atoms with Crippen LogP contribution in [0.1, 0.15) is 33.6 Å². The van der Waals surface area contributed by atoms with Crippen molar-refractivity contribution in [2.45, 2.75) is 18.9 Å². The maximum Gasteiger partial charge on any atom is 0.263 e. The molecule has 0 bridgehead atoms. The molecule has 2 aliphatic heterocycles. The predicted octanol–water partition coefficient (Wildman–Crippen LogP) is 0.617. The summed E-state index contributed by atoms with van der Waals surface area (Å²) in [6.45, 7) is 1.62. The Bertz CT molecular complexity index is 521. The van der Waals surface area contributed by atoms with Crippen LogP contribution < -0.4 is 11.1 Å². The van der Waals surface area contributed by atoms with Crippen molar-refractivity contribution in [3.05, 3.63) is 29.3 Å². The van der Waals surface area contributed by atoms with Crippen LogP contribution in [0.25, 0.3) is 0 Å². The molecule has 5 nitrogen and oxygen atoms in total. The first-order valence-electron chi connectivity index (χ1n) is 6.17. The number of imide groups is 1. The summed E-state index contributed by atoms with van der Waals surface area (Å²) in [7, 11) is 0. The molecular formula is C13H15N3O2. The lowest BCUT2D eigenvalue weighted by molar-refractivity contribution is 0.0561. The van der Waals surface area contributed by atoms with Gasteiger partial charge in [-0.15, -0.1) is 0 Å². The second-order valence-corrected chi connectivity index (χ2v) is 4.75. The number of benzene rings is 1. The van der Waals surface area contributed by atoms with Crippen LogP contribution in [-0.4, -0.2) is 35.8 Å². The minimum atomic E-state index is -0.248. The van der Waals surface area contributed by atoms with E-state index in [1.807, 2.05) is 0 Å². The van der Waals surface area contributed by atoms with Gasteiger partial charge in [0.1, 0.15) is 0 Å². The number of piperidine rings is 1. The minimum absolute atomic E-state index is 0.0504. The molecule has 1 fully saturated rings. The number of anilines is 1. The van der Waals surface area contributed by atoms with Crippen molar-refractivity contribution in [1.82, 2.24) is 10.2 Å². The van der Waals surface area contributed by atoms with Crippen LogP contribution >= 0.6 is 0 Å². The quantitative estimate of drug-likeness (QED) is 0.561. The minimum Gasteiger partial charge on any atom is -0.398 e. The van der Waals surface area contributed by atoms with Crippen LogP contribution in [0.2, 0.25) is 0 Å². The van der Waals surface area contributed by atoms with E-state index >= 15 is 0 Å². The van der Waals surface area contributed by atoms with Gasteiger partial charge in [0, 0.05) is 12.2 Å². The number of hydrogen-bond donors (Lipinski definition) is 2. The molecule has 1 saturated heterocycles. The monoisotopic (exact) mass is 245 g/mol. The number of hydrogen-bond acceptors (Lipinski definition) is 4. The normalized spacial score (nSPS) is 23.3. The Balaban J connectivity index is 1.99. The van der Waals surface area contributed by atoms with Gasteiger partial charge in [0.25, 0.3) is 11.8 Å². The number of carbonyl (C=O) groups excluding carboxylic acids is 2. The molecule has 0 unspecified atom stereocenters. The average molecular weight is 245 g/mol. The third kappa shape index (κ3) is 1.51. The largest absolute Gasteiger partial charge is 0.398 e. The zero-order valence-electron chi connectivity index (χ0n) is 9.98. The van der Waals surface area contributed by atoms with E-state index < -0.39 is 0 Å². The van der Waals surface area contributed by atoms with Gasteiger partial charge in [0.05, 0.1) is 17.2 Å². The van der Waals surface area contributed by atoms with E-state index in [0.29, 0.717) is 23.4 Å². The first-order valence-corrected chi connectivity index (χ1v) is 6.17. The highest BCUT2D eigenvalue weighted by Gasteiger charge is 2.41. The second kappa shape index (κ2) is 4.10. The molecule has 0 radical (unpaired) electrons. The lowest BCUT2D eigenvalue weighted by atomic mass is 10.1. The summed E-state index contributed by atoms with van der Waals surface area (Å²) in [5.74, 6) is -0.460. The van der Waals surface area contributed by atoms with Gasteiger partial charge in [0.2, 0.25) is 0 Å². The number of fused-ring (bicyclic) bond motifs is 1. The molecule has 0 saturated carbocycles.